The molecule has 0 spiro atoms. The Morgan fingerprint density at radius 2 is 0.744 bits per heavy atom. The minimum atomic E-state index is -0.844. The molecule has 12 heteroatoms. The number of fused-ring (bicyclic) bond motifs is 3. The maximum atomic E-state index is 11.7. The summed E-state index contributed by atoms with van der Waals surface area (Å²) in [5.41, 5.74) is 10.8. The molecular weight excluding hydrogens is 1610 g/mol. The van der Waals surface area contributed by atoms with Crippen LogP contribution in [-0.2, 0) is 73.8 Å². The molecule has 744 valence electrons. The first kappa shape index (κ1) is 137. The molecule has 1 aliphatic carbocycles. The normalized spacial score (nSPS) is 10.9. The van der Waals surface area contributed by atoms with Gasteiger partial charge in [0.25, 0.3) is 0 Å². The number of rotatable bonds is 33. The van der Waals surface area contributed by atoms with Crippen LogP contribution in [0.15, 0.2) is 159 Å². The molecule has 0 aliphatic heterocycles. The first-order chi connectivity index (χ1) is 59.8. The Morgan fingerprint density at radius 1 is 0.388 bits per heavy atom. The summed E-state index contributed by atoms with van der Waals surface area (Å²) in [6, 6.07) is 46.6. The third-order valence-electron chi connectivity index (χ3n) is 18.7. The Labute approximate surface area is 800 Å². The molecule has 1 aliphatic rings. The Balaban J connectivity index is -0.000000208. The van der Waals surface area contributed by atoms with E-state index in [0.29, 0.717) is 50.5 Å². The number of carbonyl (C=O) groups excluding carboxylic acids is 6. The second-order valence-electron chi connectivity index (χ2n) is 42.0. The molecule has 0 saturated heterocycles. The molecule has 0 bridgehead atoms. The summed E-state index contributed by atoms with van der Waals surface area (Å²) in [6.07, 6.45) is 14.7. The topological polar surface area (TPSA) is 160 Å². The molecule has 0 saturated carbocycles. The van der Waals surface area contributed by atoms with Crippen LogP contribution >= 0.6 is 0 Å². The van der Waals surface area contributed by atoms with Crippen molar-refractivity contribution in [2.24, 2.45) is 101 Å². The molecule has 0 atom stereocenters. The van der Waals surface area contributed by atoms with Gasteiger partial charge in [-0.15, -0.1) is 13.2 Å². The van der Waals surface area contributed by atoms with E-state index in [1.165, 1.54) is 65.1 Å². The fraction of sp³-hybridized carbons (Fsp3) is 0.658. The number of esters is 4. The predicted molar refractivity (Wildman–Crippen MR) is 569 cm³/mol. The van der Waals surface area contributed by atoms with Crippen LogP contribution in [0.4, 0.5) is 0 Å². The van der Waals surface area contributed by atoms with Crippen molar-refractivity contribution < 1.29 is 52.8 Å². The summed E-state index contributed by atoms with van der Waals surface area (Å²) in [7, 11) is -0.844. The Morgan fingerprint density at radius 3 is 1.03 bits per heavy atom. The zero-order valence-corrected chi connectivity index (χ0v) is 92.6. The number of carbonyl (C=O) groups is 6. The smallest absolute Gasteiger partial charge is 0.308 e. The molecule has 129 heavy (non-hydrogen) atoms. The standard InChI is InChI=1S/C18H18O2.C11H14O2.C11H22O2.C11H16O.C10H14.C9H22Si.C8H16O2.C8H14O.C7H16.C6H12.C5H10O.C5H12.2C4H10/c1-12(2)18(19)20-11-17-15-9-5-3-7-13(15)14-8-4-6-10-16(14)17;1-9(2)11(12)13-8-10-6-4-3-5-7-10;1-9(2)7-5-6-8-13-11(12)10(3)4;1-9(2)7-10-3-5-11(8-12)6-4-10;1-9(2)8-10-6-4-3-5-7-10;1-8(2)7-10(5,6)9(3)4;1-6(2)5-10-8(9)7(3)4;1-4-5-6-8(9)7(2)3;1-6(2)5-7(3)4;1-4-5-6(2)3;1-4(2)5(3)6;1-4-5(2)3;2*1-4(2)3/h3-10,12,17H,11H2,1-2H3;3-7,9H,8H2,1-2H3;9-10H,5-8H2,1-4H3;3-6,9,12H,7-8H2,1-2H3;3-7,9H,8H2,1-2H3;8-9H,7H2,1-6H3;6-7H,5H2,1-4H3;4,7H,1,5-6H2,2-3H3;6-7H,5H2,1-4H3;4,6H,1,5H2,2-3H3;4H,1-3H3;5H,4H2,1-3H3;2*4H,1-3H3. The second-order valence-corrected chi connectivity index (χ2v) is 47.5. The van der Waals surface area contributed by atoms with Gasteiger partial charge in [0.1, 0.15) is 24.8 Å². The summed E-state index contributed by atoms with van der Waals surface area (Å²) in [6.45, 7) is 98.0. The van der Waals surface area contributed by atoms with E-state index in [9.17, 15) is 28.8 Å². The first-order valence-electron chi connectivity index (χ1n) is 49.6. The molecule has 0 fully saturated rings. The lowest BCUT2D eigenvalue weighted by molar-refractivity contribution is -0.149. The van der Waals surface area contributed by atoms with E-state index >= 15 is 0 Å². The van der Waals surface area contributed by atoms with E-state index in [1.54, 1.807) is 13.0 Å². The van der Waals surface area contributed by atoms with Gasteiger partial charge in [-0.25, -0.2) is 0 Å². The van der Waals surface area contributed by atoms with Crippen molar-refractivity contribution >= 4 is 43.5 Å². The lowest BCUT2D eigenvalue weighted by atomic mass is 9.98. The Bertz CT molecular complexity index is 3380. The third-order valence-corrected chi connectivity index (χ3v) is 23.7. The molecule has 0 aromatic heterocycles. The van der Waals surface area contributed by atoms with Gasteiger partial charge < -0.3 is 24.1 Å². The van der Waals surface area contributed by atoms with Gasteiger partial charge in [-0.2, -0.15) is 0 Å². The number of aliphatic hydroxyl groups excluding tert-OH is 1. The average Bonchev–Trinajstić information content (AvgIpc) is 1.62. The maximum Gasteiger partial charge on any atom is 0.308 e. The number of Topliss-reactive ketones (excluding diaryl/α,β-unsaturated/α-hetero) is 2. The van der Waals surface area contributed by atoms with Crippen LogP contribution in [0.1, 0.15) is 368 Å². The van der Waals surface area contributed by atoms with Gasteiger partial charge in [0.05, 0.1) is 51.6 Å². The largest absolute Gasteiger partial charge is 0.465 e. The van der Waals surface area contributed by atoms with E-state index in [-0.39, 0.29) is 77.7 Å². The van der Waals surface area contributed by atoms with Crippen LogP contribution in [0.25, 0.3) is 11.1 Å². The number of ketones is 2. The number of aliphatic hydroxyl groups is 1. The van der Waals surface area contributed by atoms with Gasteiger partial charge >= 0.3 is 23.9 Å². The maximum absolute atomic E-state index is 11.7. The van der Waals surface area contributed by atoms with Crippen molar-refractivity contribution in [3.63, 3.8) is 0 Å². The quantitative estimate of drug-likeness (QED) is 0.0140. The van der Waals surface area contributed by atoms with Crippen LogP contribution in [0, 0.1) is 101 Å². The number of benzene rings is 5. The van der Waals surface area contributed by atoms with Gasteiger partial charge in [0, 0.05) is 24.2 Å². The zero-order chi connectivity index (χ0) is 102. The average molecular weight is 1820 g/mol. The summed E-state index contributed by atoms with van der Waals surface area (Å²) < 4.78 is 20.5. The molecule has 5 aromatic rings. The van der Waals surface area contributed by atoms with Crippen molar-refractivity contribution in [2.45, 2.75) is 385 Å². The lowest BCUT2D eigenvalue weighted by Crippen LogP contribution is -2.30. The zero-order valence-electron chi connectivity index (χ0n) is 91.6. The monoisotopic (exact) mass is 1820 g/mol. The van der Waals surface area contributed by atoms with E-state index in [4.69, 9.17) is 24.1 Å². The highest BCUT2D eigenvalue weighted by molar-refractivity contribution is 6.78. The van der Waals surface area contributed by atoms with Crippen molar-refractivity contribution in [2.75, 3.05) is 19.8 Å². The van der Waals surface area contributed by atoms with E-state index in [1.807, 2.05) is 158 Å². The second kappa shape index (κ2) is 86.4. The van der Waals surface area contributed by atoms with Gasteiger partial charge in [-0.05, 0) is 161 Å². The van der Waals surface area contributed by atoms with E-state index in [2.05, 4.69) is 278 Å². The van der Waals surface area contributed by atoms with E-state index < -0.39 is 8.07 Å². The highest BCUT2D eigenvalue weighted by Crippen LogP contribution is 2.44. The number of hydrogen-bond donors (Lipinski definition) is 1. The minimum absolute atomic E-state index is 0.00116. The highest BCUT2D eigenvalue weighted by Gasteiger charge is 2.30. The molecule has 0 amide bonds. The summed E-state index contributed by atoms with van der Waals surface area (Å²) >= 11 is 0. The first-order valence-corrected chi connectivity index (χ1v) is 52.9. The Kier molecular flexibility index (Phi) is 92.0. The van der Waals surface area contributed by atoms with Crippen LogP contribution < -0.4 is 0 Å². The molecule has 5 aromatic carbocycles. The lowest BCUT2D eigenvalue weighted by Gasteiger charge is -2.28. The number of hydrogen-bond acceptors (Lipinski definition) is 11. The summed E-state index contributed by atoms with van der Waals surface area (Å²) in [5.74, 6) is 9.17. The number of allylic oxidation sites excluding steroid dienone is 2. The van der Waals surface area contributed by atoms with Crippen molar-refractivity contribution in [1.82, 2.24) is 0 Å². The van der Waals surface area contributed by atoms with Crippen molar-refractivity contribution in [3.8, 4) is 11.1 Å². The minimum Gasteiger partial charge on any atom is -0.465 e. The Hall–Kier alpha value is -7.02. The van der Waals surface area contributed by atoms with Gasteiger partial charge in [0.15, 0.2) is 0 Å². The fourth-order valence-electron chi connectivity index (χ4n) is 10.5. The van der Waals surface area contributed by atoms with Gasteiger partial charge in [-0.1, -0.05) is 453 Å². The number of unbranched alkanes of at least 4 members (excludes halogenated alkanes) is 1. The van der Waals surface area contributed by atoms with Gasteiger partial charge in [0.2, 0.25) is 0 Å². The van der Waals surface area contributed by atoms with Crippen LogP contribution in [0.2, 0.25) is 24.7 Å². The highest BCUT2D eigenvalue weighted by atomic mass is 28.3. The van der Waals surface area contributed by atoms with Gasteiger partial charge in [-0.3, -0.25) is 28.8 Å². The number of ether oxygens (including phenoxy) is 4. The van der Waals surface area contributed by atoms with Crippen molar-refractivity contribution in [1.29, 1.82) is 0 Å². The third kappa shape index (κ3) is 95.4. The van der Waals surface area contributed by atoms with Crippen molar-refractivity contribution in [3.05, 3.63) is 192 Å². The van der Waals surface area contributed by atoms with E-state index in [0.717, 1.165) is 102 Å². The molecule has 0 heterocycles. The molecule has 0 radical (unpaired) electrons. The van der Waals surface area contributed by atoms with Crippen LogP contribution in [0.5, 0.6) is 0 Å². The molecule has 0 unspecified atom stereocenters. The predicted octanol–water partition coefficient (Wildman–Crippen LogP) is 34.0. The molecule has 11 nitrogen and oxygen atoms in total. The molecular formula is C117H206O11Si. The van der Waals surface area contributed by atoms with Crippen LogP contribution in [0.3, 0.4) is 0 Å². The van der Waals surface area contributed by atoms with Crippen LogP contribution in [-0.4, -0.2) is 68.4 Å². The molecule has 6 rings (SSSR count). The molecule has 1 N–H and O–H groups in total. The summed E-state index contributed by atoms with van der Waals surface area (Å²) in [4.78, 5) is 65.6. The summed E-state index contributed by atoms with van der Waals surface area (Å²) in [5, 5.41) is 8.81. The fourth-order valence-corrected chi connectivity index (χ4v) is 13.1. The SMILES string of the molecule is C=CCC(C)C.C=CCCC(=O)C(C)C.CC(=O)C(C)C.CC(C)C.CC(C)C.CC(C)C(=O)OCC1c2ccccc2-c2ccccc21.CC(C)C(=O)OCc1ccccc1.CC(C)CC(C)C.CC(C)CCCCOC(=O)C(C)C.CC(C)COC(=O)C(C)C.CC(C)C[Si](C)(C)C(C)C.CC(C)Cc1ccc(CO)cc1.CC(C)Cc1ccccc1.CCC(C)C.